The first-order chi connectivity index (χ1) is 9.00. The largest absolute Gasteiger partial charge is 0.411 e. The fourth-order valence-corrected chi connectivity index (χ4v) is 2.43. The Morgan fingerprint density at radius 2 is 2.11 bits per heavy atom. The van der Waals surface area contributed by atoms with E-state index in [4.69, 9.17) is 9.94 Å². The molecule has 0 heterocycles. The number of hydrogen-bond donors (Lipinski definition) is 2. The number of nitrogens with zero attached hydrogens (tertiary/aromatic N) is 1. The third kappa shape index (κ3) is 4.88. The molecule has 0 aliphatic carbocycles. The lowest BCUT2D eigenvalue weighted by Gasteiger charge is -2.11. The highest BCUT2D eigenvalue weighted by Crippen LogP contribution is 2.17. The summed E-state index contributed by atoms with van der Waals surface area (Å²) in [5, 5.41) is 11.9. The highest BCUT2D eigenvalue weighted by atomic mass is 32.2. The minimum Gasteiger partial charge on any atom is -0.411 e. The molecule has 7 heteroatoms. The van der Waals surface area contributed by atoms with E-state index >= 15 is 0 Å². The molecule has 1 aromatic carbocycles. The Bertz CT molecular complexity index is 540. The standard InChI is InChI=1S/C12H18N2O4S/c1-3-18-8-9-19(16,17)14-12-7-5-4-6-11(12)10(2)13-15/h4-7,14-15H,3,8-9H2,1-2H3. The number of hydrogen-bond acceptors (Lipinski definition) is 5. The second-order valence-electron chi connectivity index (χ2n) is 3.85. The van der Waals surface area contributed by atoms with Gasteiger partial charge in [-0.25, -0.2) is 8.42 Å². The Hall–Kier alpha value is -1.60. The van der Waals surface area contributed by atoms with Crippen LogP contribution in [0.4, 0.5) is 5.69 Å². The summed E-state index contributed by atoms with van der Waals surface area (Å²) in [4.78, 5) is 0. The molecular formula is C12H18N2O4S. The molecule has 0 aliphatic rings. The van der Waals surface area contributed by atoms with Crippen LogP contribution < -0.4 is 4.72 Å². The van der Waals surface area contributed by atoms with Crippen LogP contribution in [-0.4, -0.2) is 38.3 Å². The summed E-state index contributed by atoms with van der Waals surface area (Å²) in [6, 6.07) is 6.73. The maximum atomic E-state index is 11.8. The molecule has 0 radical (unpaired) electrons. The van der Waals surface area contributed by atoms with Crippen molar-refractivity contribution in [1.82, 2.24) is 0 Å². The van der Waals surface area contributed by atoms with Crippen LogP contribution in [0.15, 0.2) is 29.4 Å². The van der Waals surface area contributed by atoms with Gasteiger partial charge in [0.1, 0.15) is 0 Å². The number of ether oxygens (including phenoxy) is 1. The van der Waals surface area contributed by atoms with Gasteiger partial charge in [-0.3, -0.25) is 4.72 Å². The van der Waals surface area contributed by atoms with E-state index in [1.54, 1.807) is 38.1 Å². The lowest BCUT2D eigenvalue weighted by atomic mass is 10.1. The second-order valence-corrected chi connectivity index (χ2v) is 5.69. The molecule has 106 valence electrons. The highest BCUT2D eigenvalue weighted by Gasteiger charge is 2.13. The van der Waals surface area contributed by atoms with E-state index in [2.05, 4.69) is 9.88 Å². The van der Waals surface area contributed by atoms with Gasteiger partial charge in [0.05, 0.1) is 23.8 Å². The van der Waals surface area contributed by atoms with Crippen molar-refractivity contribution in [2.24, 2.45) is 5.16 Å². The lowest BCUT2D eigenvalue weighted by Crippen LogP contribution is -2.21. The van der Waals surface area contributed by atoms with E-state index < -0.39 is 10.0 Å². The SMILES string of the molecule is CCOCCS(=O)(=O)Nc1ccccc1C(C)=NO. The van der Waals surface area contributed by atoms with Crippen molar-refractivity contribution in [3.63, 3.8) is 0 Å². The van der Waals surface area contributed by atoms with Crippen LogP contribution in [0.1, 0.15) is 19.4 Å². The average molecular weight is 286 g/mol. The van der Waals surface area contributed by atoms with Crippen LogP contribution in [0, 0.1) is 0 Å². The van der Waals surface area contributed by atoms with Crippen molar-refractivity contribution >= 4 is 21.4 Å². The lowest BCUT2D eigenvalue weighted by molar-refractivity contribution is 0.163. The molecule has 0 amide bonds. The van der Waals surface area contributed by atoms with Gasteiger partial charge in [-0.05, 0) is 19.9 Å². The zero-order chi connectivity index (χ0) is 14.3. The molecule has 0 fully saturated rings. The molecular weight excluding hydrogens is 268 g/mol. The Morgan fingerprint density at radius 1 is 1.42 bits per heavy atom. The third-order valence-electron chi connectivity index (χ3n) is 2.43. The maximum Gasteiger partial charge on any atom is 0.235 e. The molecule has 0 aliphatic heterocycles. The molecule has 0 saturated carbocycles. The molecule has 1 aromatic rings. The Labute approximate surface area is 113 Å². The van der Waals surface area contributed by atoms with E-state index in [0.29, 0.717) is 23.6 Å². The molecule has 0 saturated heterocycles. The summed E-state index contributed by atoms with van der Waals surface area (Å²) in [6.45, 7) is 4.01. The van der Waals surface area contributed by atoms with Crippen molar-refractivity contribution in [2.75, 3.05) is 23.7 Å². The summed E-state index contributed by atoms with van der Waals surface area (Å²) in [6.07, 6.45) is 0. The minimum absolute atomic E-state index is 0.121. The number of nitrogens with one attached hydrogen (secondary N) is 1. The number of anilines is 1. The fourth-order valence-electron chi connectivity index (χ4n) is 1.47. The zero-order valence-electron chi connectivity index (χ0n) is 11.0. The molecule has 1 rings (SSSR count). The summed E-state index contributed by atoms with van der Waals surface area (Å²) < 4.78 is 31.2. The summed E-state index contributed by atoms with van der Waals surface area (Å²) in [7, 11) is -3.48. The topological polar surface area (TPSA) is 88.0 Å². The Morgan fingerprint density at radius 3 is 2.74 bits per heavy atom. The highest BCUT2D eigenvalue weighted by molar-refractivity contribution is 7.92. The smallest absolute Gasteiger partial charge is 0.235 e. The predicted molar refractivity (Wildman–Crippen MR) is 74.3 cm³/mol. The minimum atomic E-state index is -3.48. The Balaban J connectivity index is 2.87. The van der Waals surface area contributed by atoms with E-state index in [1.165, 1.54) is 0 Å². The predicted octanol–water partition coefficient (Wildman–Crippen LogP) is 1.66. The van der Waals surface area contributed by atoms with Gasteiger partial charge < -0.3 is 9.94 Å². The van der Waals surface area contributed by atoms with E-state index in [1.807, 2.05) is 0 Å². The first-order valence-corrected chi connectivity index (χ1v) is 7.51. The number of sulfonamides is 1. The molecule has 0 unspecified atom stereocenters. The maximum absolute atomic E-state index is 11.8. The van der Waals surface area contributed by atoms with Crippen LogP contribution in [0.2, 0.25) is 0 Å². The number of benzene rings is 1. The van der Waals surface area contributed by atoms with Crippen molar-refractivity contribution in [2.45, 2.75) is 13.8 Å². The van der Waals surface area contributed by atoms with Crippen molar-refractivity contribution in [3.05, 3.63) is 29.8 Å². The zero-order valence-corrected chi connectivity index (χ0v) is 11.8. The summed E-state index contributed by atoms with van der Waals surface area (Å²) >= 11 is 0. The van der Waals surface area contributed by atoms with E-state index in [0.717, 1.165) is 0 Å². The number of rotatable bonds is 7. The average Bonchev–Trinajstić information content (AvgIpc) is 2.38. The molecule has 0 spiro atoms. The normalized spacial score (nSPS) is 12.4. The van der Waals surface area contributed by atoms with Gasteiger partial charge in [0.25, 0.3) is 0 Å². The summed E-state index contributed by atoms with van der Waals surface area (Å²) in [5.41, 5.74) is 1.25. The summed E-state index contributed by atoms with van der Waals surface area (Å²) in [5.74, 6) is -0.121. The monoisotopic (exact) mass is 286 g/mol. The molecule has 6 nitrogen and oxygen atoms in total. The Kier molecular flexibility index (Phi) is 5.78. The van der Waals surface area contributed by atoms with Crippen LogP contribution >= 0.6 is 0 Å². The van der Waals surface area contributed by atoms with Gasteiger partial charge >= 0.3 is 0 Å². The van der Waals surface area contributed by atoms with Gasteiger partial charge in [-0.15, -0.1) is 0 Å². The molecule has 0 bridgehead atoms. The van der Waals surface area contributed by atoms with Crippen LogP contribution in [0.25, 0.3) is 0 Å². The van der Waals surface area contributed by atoms with Gasteiger partial charge in [0.15, 0.2) is 0 Å². The first kappa shape index (κ1) is 15.5. The van der Waals surface area contributed by atoms with E-state index in [-0.39, 0.29) is 12.4 Å². The first-order valence-electron chi connectivity index (χ1n) is 5.86. The number of para-hydroxylation sites is 1. The van der Waals surface area contributed by atoms with Gasteiger partial charge in [0, 0.05) is 12.2 Å². The second kappa shape index (κ2) is 7.10. The van der Waals surface area contributed by atoms with Crippen molar-refractivity contribution < 1.29 is 18.4 Å². The van der Waals surface area contributed by atoms with E-state index in [9.17, 15) is 8.42 Å². The number of oxime groups is 1. The quantitative estimate of drug-likeness (QED) is 0.345. The van der Waals surface area contributed by atoms with Crippen LogP contribution in [0.3, 0.4) is 0 Å². The van der Waals surface area contributed by atoms with Crippen molar-refractivity contribution in [3.8, 4) is 0 Å². The third-order valence-corrected chi connectivity index (χ3v) is 3.67. The van der Waals surface area contributed by atoms with Gasteiger partial charge in [-0.1, -0.05) is 23.4 Å². The molecule has 2 N–H and O–H groups in total. The van der Waals surface area contributed by atoms with Crippen LogP contribution in [0.5, 0.6) is 0 Å². The van der Waals surface area contributed by atoms with Crippen molar-refractivity contribution in [1.29, 1.82) is 0 Å². The molecule has 0 atom stereocenters. The molecule has 0 aromatic heterocycles. The van der Waals surface area contributed by atoms with Crippen LogP contribution in [-0.2, 0) is 14.8 Å². The van der Waals surface area contributed by atoms with Gasteiger partial charge in [0.2, 0.25) is 10.0 Å². The molecule has 19 heavy (non-hydrogen) atoms. The van der Waals surface area contributed by atoms with Gasteiger partial charge in [-0.2, -0.15) is 0 Å². The fraction of sp³-hybridized carbons (Fsp3) is 0.417.